The number of hydrogen-bond donors (Lipinski definition) is 1. The third kappa shape index (κ3) is 4.01. The van der Waals surface area contributed by atoms with Crippen molar-refractivity contribution < 1.29 is 9.53 Å². The van der Waals surface area contributed by atoms with Crippen molar-refractivity contribution in [3.63, 3.8) is 0 Å². The highest BCUT2D eigenvalue weighted by atomic mass is 35.5. The number of H-pyrrole nitrogens is 1. The Hall–Kier alpha value is -2.72. The number of ether oxygens (including phenoxy) is 1. The van der Waals surface area contributed by atoms with E-state index in [2.05, 4.69) is 4.98 Å². The Morgan fingerprint density at radius 2 is 1.70 bits per heavy atom. The van der Waals surface area contributed by atoms with Gasteiger partial charge in [0.1, 0.15) is 11.9 Å². The lowest BCUT2D eigenvalue weighted by Crippen LogP contribution is -2.41. The van der Waals surface area contributed by atoms with Gasteiger partial charge in [-0.15, -0.1) is 0 Å². The Bertz CT molecular complexity index is 898. The summed E-state index contributed by atoms with van der Waals surface area (Å²) in [5, 5.41) is 0.698. The fourth-order valence-electron chi connectivity index (χ4n) is 3.45. The summed E-state index contributed by atoms with van der Waals surface area (Å²) < 4.78 is 6.02. The van der Waals surface area contributed by atoms with E-state index in [1.165, 1.54) is 0 Å². The van der Waals surface area contributed by atoms with Crippen LogP contribution in [0.15, 0.2) is 67.0 Å². The summed E-state index contributed by atoms with van der Waals surface area (Å²) >= 11 is 5.91. The number of aromatic amines is 1. The van der Waals surface area contributed by atoms with Gasteiger partial charge in [-0.05, 0) is 29.8 Å². The minimum Gasteiger partial charge on any atom is -0.490 e. The summed E-state index contributed by atoms with van der Waals surface area (Å²) in [5.74, 6) is 0.890. The van der Waals surface area contributed by atoms with Crippen molar-refractivity contribution in [3.05, 3.63) is 77.6 Å². The lowest BCUT2D eigenvalue weighted by Gasteiger charge is -2.32. The molecule has 3 aromatic rings. The molecule has 4 rings (SSSR count). The first kappa shape index (κ1) is 17.7. The average Bonchev–Trinajstić information content (AvgIpc) is 3.20. The lowest BCUT2D eigenvalue weighted by atomic mass is 10.0. The normalized spacial score (nSPS) is 14.9. The van der Waals surface area contributed by atoms with Gasteiger partial charge in [-0.2, -0.15) is 0 Å². The number of carbonyl (C=O) groups excluding carboxylic acids is 1. The van der Waals surface area contributed by atoms with Crippen molar-refractivity contribution >= 4 is 17.5 Å². The molecule has 1 aliphatic rings. The van der Waals surface area contributed by atoms with E-state index in [1.54, 1.807) is 6.20 Å². The van der Waals surface area contributed by atoms with Crippen molar-refractivity contribution in [2.45, 2.75) is 18.9 Å². The molecule has 138 valence electrons. The molecule has 1 aromatic heterocycles. The minimum atomic E-state index is 0.0695. The van der Waals surface area contributed by atoms with Crippen molar-refractivity contribution in [2.24, 2.45) is 0 Å². The zero-order valence-electron chi connectivity index (χ0n) is 14.9. The topological polar surface area (TPSA) is 45.3 Å². The van der Waals surface area contributed by atoms with Crippen LogP contribution in [0.2, 0.25) is 5.02 Å². The van der Waals surface area contributed by atoms with Crippen molar-refractivity contribution in [3.8, 4) is 16.9 Å². The highest BCUT2D eigenvalue weighted by molar-refractivity contribution is 6.30. The molecule has 1 aliphatic heterocycles. The van der Waals surface area contributed by atoms with E-state index in [1.807, 2.05) is 65.7 Å². The predicted molar refractivity (Wildman–Crippen MR) is 107 cm³/mol. The molecule has 5 heteroatoms. The van der Waals surface area contributed by atoms with Gasteiger partial charge in [-0.3, -0.25) is 4.79 Å². The highest BCUT2D eigenvalue weighted by Crippen LogP contribution is 2.26. The largest absolute Gasteiger partial charge is 0.490 e. The third-order valence-electron chi connectivity index (χ3n) is 4.91. The number of rotatable bonds is 4. The second kappa shape index (κ2) is 7.89. The van der Waals surface area contributed by atoms with Gasteiger partial charge in [-0.25, -0.2) is 0 Å². The molecule has 2 aromatic carbocycles. The Kier molecular flexibility index (Phi) is 5.16. The summed E-state index contributed by atoms with van der Waals surface area (Å²) in [5.41, 5.74) is 2.71. The van der Waals surface area contributed by atoms with Gasteiger partial charge < -0.3 is 14.6 Å². The van der Waals surface area contributed by atoms with Crippen LogP contribution < -0.4 is 4.74 Å². The standard InChI is InChI=1S/C22H21ClN2O2/c23-17-6-8-18(9-7-17)27-19-10-12-25(13-11-19)22(26)21-15-24-14-20(21)16-4-2-1-3-5-16/h1-9,14-15,19,24H,10-13H2. The molecular weight excluding hydrogens is 360 g/mol. The number of piperidine rings is 1. The summed E-state index contributed by atoms with van der Waals surface area (Å²) in [6.45, 7) is 1.38. The highest BCUT2D eigenvalue weighted by Gasteiger charge is 2.26. The maximum absolute atomic E-state index is 13.0. The number of halogens is 1. The molecule has 4 nitrogen and oxygen atoms in total. The minimum absolute atomic E-state index is 0.0695. The van der Waals surface area contributed by atoms with Gasteiger partial charge in [0.15, 0.2) is 0 Å². The average molecular weight is 381 g/mol. The van der Waals surface area contributed by atoms with Crippen LogP contribution in [0.25, 0.3) is 11.1 Å². The lowest BCUT2D eigenvalue weighted by molar-refractivity contribution is 0.0596. The molecule has 0 saturated carbocycles. The van der Waals surface area contributed by atoms with Crippen LogP contribution in [0.5, 0.6) is 5.75 Å². The zero-order valence-corrected chi connectivity index (χ0v) is 15.7. The van der Waals surface area contributed by atoms with Crippen LogP contribution in [0, 0.1) is 0 Å². The Morgan fingerprint density at radius 1 is 1.00 bits per heavy atom. The SMILES string of the molecule is O=C(c1c[nH]cc1-c1ccccc1)N1CCC(Oc2ccc(Cl)cc2)CC1. The van der Waals surface area contributed by atoms with E-state index in [0.717, 1.165) is 35.3 Å². The summed E-state index contributed by atoms with van der Waals surface area (Å²) in [4.78, 5) is 18.0. The molecule has 1 N–H and O–H groups in total. The third-order valence-corrected chi connectivity index (χ3v) is 5.16. The number of benzene rings is 2. The van der Waals surface area contributed by atoms with Gasteiger partial charge >= 0.3 is 0 Å². The number of amides is 1. The zero-order chi connectivity index (χ0) is 18.6. The molecule has 0 unspecified atom stereocenters. The quantitative estimate of drug-likeness (QED) is 0.690. The molecule has 0 atom stereocenters. The predicted octanol–water partition coefficient (Wildman–Crippen LogP) is 5.02. The second-order valence-corrected chi connectivity index (χ2v) is 7.15. The molecule has 0 spiro atoms. The van der Waals surface area contributed by atoms with E-state index < -0.39 is 0 Å². The molecular formula is C22H21ClN2O2. The first-order chi connectivity index (χ1) is 13.2. The first-order valence-corrected chi connectivity index (χ1v) is 9.52. The van der Waals surface area contributed by atoms with E-state index in [4.69, 9.17) is 16.3 Å². The number of aromatic nitrogens is 1. The van der Waals surface area contributed by atoms with Gasteiger partial charge in [-0.1, -0.05) is 41.9 Å². The summed E-state index contributed by atoms with van der Waals surface area (Å²) in [6.07, 6.45) is 5.44. The Labute approximate surface area is 163 Å². The maximum Gasteiger partial charge on any atom is 0.256 e. The number of carbonyl (C=O) groups is 1. The van der Waals surface area contributed by atoms with Crippen molar-refractivity contribution in [2.75, 3.05) is 13.1 Å². The van der Waals surface area contributed by atoms with Gasteiger partial charge in [0.05, 0.1) is 5.56 Å². The van der Waals surface area contributed by atoms with Crippen LogP contribution in [0.4, 0.5) is 0 Å². The van der Waals surface area contributed by atoms with E-state index in [-0.39, 0.29) is 12.0 Å². The van der Waals surface area contributed by atoms with Crippen LogP contribution in [-0.2, 0) is 0 Å². The Balaban J connectivity index is 1.39. The van der Waals surface area contributed by atoms with E-state index >= 15 is 0 Å². The second-order valence-electron chi connectivity index (χ2n) is 6.71. The van der Waals surface area contributed by atoms with Gasteiger partial charge in [0.2, 0.25) is 0 Å². The molecule has 1 fully saturated rings. The van der Waals surface area contributed by atoms with Crippen molar-refractivity contribution in [1.29, 1.82) is 0 Å². The van der Waals surface area contributed by atoms with Gasteiger partial charge in [0, 0.05) is 48.9 Å². The molecule has 1 amide bonds. The van der Waals surface area contributed by atoms with Crippen molar-refractivity contribution in [1.82, 2.24) is 9.88 Å². The number of likely N-dealkylation sites (tertiary alicyclic amines) is 1. The van der Waals surface area contributed by atoms with Crippen LogP contribution >= 0.6 is 11.6 Å². The molecule has 2 heterocycles. The molecule has 0 aliphatic carbocycles. The maximum atomic E-state index is 13.0. The fraction of sp³-hybridized carbons (Fsp3) is 0.227. The first-order valence-electron chi connectivity index (χ1n) is 9.14. The van der Waals surface area contributed by atoms with Crippen LogP contribution in [0.1, 0.15) is 23.2 Å². The molecule has 1 saturated heterocycles. The number of nitrogens with one attached hydrogen (secondary N) is 1. The Morgan fingerprint density at radius 3 is 2.41 bits per heavy atom. The van der Waals surface area contributed by atoms with E-state index in [9.17, 15) is 4.79 Å². The summed E-state index contributed by atoms with van der Waals surface area (Å²) in [6, 6.07) is 17.4. The molecule has 27 heavy (non-hydrogen) atoms. The van der Waals surface area contributed by atoms with Gasteiger partial charge in [0.25, 0.3) is 5.91 Å². The number of hydrogen-bond acceptors (Lipinski definition) is 2. The summed E-state index contributed by atoms with van der Waals surface area (Å²) in [7, 11) is 0. The smallest absolute Gasteiger partial charge is 0.256 e. The fourth-order valence-corrected chi connectivity index (χ4v) is 3.58. The van der Waals surface area contributed by atoms with E-state index in [0.29, 0.717) is 18.1 Å². The molecule has 0 radical (unpaired) electrons. The molecule has 0 bridgehead atoms. The number of nitrogens with zero attached hydrogens (tertiary/aromatic N) is 1. The van der Waals surface area contributed by atoms with Crippen LogP contribution in [-0.4, -0.2) is 35.0 Å². The monoisotopic (exact) mass is 380 g/mol. The van der Waals surface area contributed by atoms with Crippen LogP contribution in [0.3, 0.4) is 0 Å².